The van der Waals surface area contributed by atoms with Crippen LogP contribution in [0.4, 0.5) is 0 Å². The van der Waals surface area contributed by atoms with Crippen LogP contribution < -0.4 is 0 Å². The highest BCUT2D eigenvalue weighted by atomic mass is 32.1. The maximum absolute atomic E-state index is 11.7. The van der Waals surface area contributed by atoms with Gasteiger partial charge in [-0.1, -0.05) is 20.3 Å². The van der Waals surface area contributed by atoms with E-state index in [1.165, 1.54) is 0 Å². The van der Waals surface area contributed by atoms with Crippen molar-refractivity contribution in [3.8, 4) is 0 Å². The Kier molecular flexibility index (Phi) is 4.26. The van der Waals surface area contributed by atoms with Crippen LogP contribution >= 0.6 is 11.3 Å². The number of carbonyl (C=O) groups is 1. The number of aromatic nitrogens is 1. The van der Waals surface area contributed by atoms with E-state index >= 15 is 0 Å². The second kappa shape index (κ2) is 5.25. The van der Waals surface area contributed by atoms with Crippen molar-refractivity contribution in [2.24, 2.45) is 5.92 Å². The first-order valence-electron chi connectivity index (χ1n) is 5.07. The molecule has 0 radical (unpaired) electrons. The van der Waals surface area contributed by atoms with Gasteiger partial charge in [0.15, 0.2) is 0 Å². The summed E-state index contributed by atoms with van der Waals surface area (Å²) in [4.78, 5) is 16.0. The van der Waals surface area contributed by atoms with Gasteiger partial charge in [-0.25, -0.2) is 4.98 Å². The molecule has 0 aliphatic rings. The Morgan fingerprint density at radius 2 is 2.36 bits per heavy atom. The maximum atomic E-state index is 11.7. The van der Waals surface area contributed by atoms with Gasteiger partial charge in [-0.15, -0.1) is 11.3 Å². The van der Waals surface area contributed by atoms with Gasteiger partial charge in [-0.05, 0) is 13.3 Å². The molecule has 1 aromatic heterocycles. The van der Waals surface area contributed by atoms with Gasteiger partial charge in [0.1, 0.15) is 5.78 Å². The average Bonchev–Trinajstić information content (AvgIpc) is 2.51. The largest absolute Gasteiger partial charge is 0.299 e. The minimum Gasteiger partial charge on any atom is -0.299 e. The number of rotatable bonds is 5. The third-order valence-corrected chi connectivity index (χ3v) is 3.12. The molecular weight excluding hydrogens is 194 g/mol. The zero-order valence-electron chi connectivity index (χ0n) is 9.04. The number of Topliss-reactive ketones (excluding diaryl/α,β-unsaturated/α-hetero) is 1. The molecule has 0 saturated carbocycles. The van der Waals surface area contributed by atoms with Crippen LogP contribution in [0.25, 0.3) is 0 Å². The molecule has 0 aliphatic carbocycles. The minimum absolute atomic E-state index is 0.182. The summed E-state index contributed by atoms with van der Waals surface area (Å²) in [6, 6.07) is 0. The Balaban J connectivity index is 2.48. The van der Waals surface area contributed by atoms with Crippen LogP contribution in [-0.4, -0.2) is 10.8 Å². The Labute approximate surface area is 89.4 Å². The normalized spacial score (nSPS) is 12.8. The van der Waals surface area contributed by atoms with Crippen molar-refractivity contribution < 1.29 is 4.79 Å². The third kappa shape index (κ3) is 3.22. The highest BCUT2D eigenvalue weighted by molar-refractivity contribution is 7.09. The number of hydrogen-bond acceptors (Lipinski definition) is 3. The Bertz CT molecular complexity index is 306. The first kappa shape index (κ1) is 11.4. The van der Waals surface area contributed by atoms with Gasteiger partial charge in [-0.3, -0.25) is 4.79 Å². The summed E-state index contributed by atoms with van der Waals surface area (Å²) in [6.45, 7) is 6.08. The van der Waals surface area contributed by atoms with Crippen molar-refractivity contribution in [3.63, 3.8) is 0 Å². The monoisotopic (exact) mass is 211 g/mol. The Morgan fingerprint density at radius 3 is 2.86 bits per heavy atom. The van der Waals surface area contributed by atoms with Gasteiger partial charge in [0.05, 0.1) is 10.7 Å². The molecule has 0 amide bonds. The summed E-state index contributed by atoms with van der Waals surface area (Å²) < 4.78 is 0. The van der Waals surface area contributed by atoms with Crippen LogP contribution in [-0.2, 0) is 11.2 Å². The van der Waals surface area contributed by atoms with Gasteiger partial charge in [0.25, 0.3) is 0 Å². The van der Waals surface area contributed by atoms with E-state index < -0.39 is 0 Å². The quantitative estimate of drug-likeness (QED) is 0.749. The van der Waals surface area contributed by atoms with Crippen LogP contribution in [0, 0.1) is 12.8 Å². The van der Waals surface area contributed by atoms with E-state index in [1.54, 1.807) is 11.3 Å². The molecule has 0 fully saturated rings. The molecule has 0 spiro atoms. The summed E-state index contributed by atoms with van der Waals surface area (Å²) in [5.41, 5.74) is 0.931. The topological polar surface area (TPSA) is 30.0 Å². The van der Waals surface area contributed by atoms with Crippen LogP contribution in [0.15, 0.2) is 5.38 Å². The van der Waals surface area contributed by atoms with Crippen LogP contribution in [0.2, 0.25) is 0 Å². The second-order valence-corrected chi connectivity index (χ2v) is 4.75. The molecule has 1 unspecified atom stereocenters. The lowest BCUT2D eigenvalue weighted by Crippen LogP contribution is -2.13. The first-order chi connectivity index (χ1) is 6.63. The lowest BCUT2D eigenvalue weighted by molar-refractivity contribution is -0.121. The van der Waals surface area contributed by atoms with Gasteiger partial charge < -0.3 is 0 Å². The average molecular weight is 211 g/mol. The number of thiazole rings is 1. The van der Waals surface area contributed by atoms with Crippen molar-refractivity contribution in [2.75, 3.05) is 0 Å². The van der Waals surface area contributed by atoms with E-state index in [2.05, 4.69) is 11.9 Å². The lowest BCUT2D eigenvalue weighted by atomic mass is 9.98. The molecule has 3 heteroatoms. The highest BCUT2D eigenvalue weighted by Crippen LogP contribution is 2.13. The number of carbonyl (C=O) groups excluding carboxylic acids is 1. The number of hydrogen-bond donors (Lipinski definition) is 0. The van der Waals surface area contributed by atoms with Crippen LogP contribution in [0.3, 0.4) is 0 Å². The Hall–Kier alpha value is -0.700. The number of aryl methyl sites for hydroxylation is 1. The van der Waals surface area contributed by atoms with E-state index in [-0.39, 0.29) is 5.92 Å². The molecule has 1 atom stereocenters. The maximum Gasteiger partial charge on any atom is 0.141 e. The molecule has 0 N–H and O–H groups in total. The molecule has 78 valence electrons. The zero-order chi connectivity index (χ0) is 10.6. The van der Waals surface area contributed by atoms with Crippen LogP contribution in [0.1, 0.15) is 37.4 Å². The van der Waals surface area contributed by atoms with Crippen molar-refractivity contribution in [2.45, 2.75) is 40.0 Å². The van der Waals surface area contributed by atoms with Gasteiger partial charge in [-0.2, -0.15) is 0 Å². The summed E-state index contributed by atoms with van der Waals surface area (Å²) >= 11 is 1.61. The molecular formula is C11H17NOS. The van der Waals surface area contributed by atoms with E-state index in [9.17, 15) is 4.79 Å². The summed E-state index contributed by atoms with van der Waals surface area (Å²) in [7, 11) is 0. The fourth-order valence-corrected chi connectivity index (χ4v) is 2.05. The summed E-state index contributed by atoms with van der Waals surface area (Å²) in [5.74, 6) is 0.499. The van der Waals surface area contributed by atoms with E-state index in [0.717, 1.165) is 23.5 Å². The fraction of sp³-hybridized carbons (Fsp3) is 0.636. The number of ketones is 1. The first-order valence-corrected chi connectivity index (χ1v) is 5.95. The van der Waals surface area contributed by atoms with E-state index in [1.807, 2.05) is 19.2 Å². The standard InChI is InChI=1S/C11H17NOS/c1-4-5-8(2)11(13)6-10-7-14-9(3)12-10/h7-8H,4-6H2,1-3H3. The van der Waals surface area contributed by atoms with Crippen molar-refractivity contribution in [1.29, 1.82) is 0 Å². The fourth-order valence-electron chi connectivity index (χ4n) is 1.44. The van der Waals surface area contributed by atoms with Crippen molar-refractivity contribution in [3.05, 3.63) is 16.1 Å². The highest BCUT2D eigenvalue weighted by Gasteiger charge is 2.13. The summed E-state index contributed by atoms with van der Waals surface area (Å²) in [5, 5.41) is 3.02. The Morgan fingerprint density at radius 1 is 1.64 bits per heavy atom. The number of nitrogens with zero attached hydrogens (tertiary/aromatic N) is 1. The molecule has 1 rings (SSSR count). The zero-order valence-corrected chi connectivity index (χ0v) is 9.86. The van der Waals surface area contributed by atoms with Gasteiger partial charge in [0.2, 0.25) is 0 Å². The van der Waals surface area contributed by atoms with Gasteiger partial charge >= 0.3 is 0 Å². The van der Waals surface area contributed by atoms with Crippen LogP contribution in [0.5, 0.6) is 0 Å². The van der Waals surface area contributed by atoms with Gasteiger partial charge in [0, 0.05) is 17.7 Å². The molecule has 0 bridgehead atoms. The molecule has 2 nitrogen and oxygen atoms in total. The third-order valence-electron chi connectivity index (χ3n) is 2.29. The SMILES string of the molecule is CCCC(C)C(=O)Cc1csc(C)n1. The van der Waals surface area contributed by atoms with Crippen molar-refractivity contribution in [1.82, 2.24) is 4.98 Å². The molecule has 0 saturated heterocycles. The smallest absolute Gasteiger partial charge is 0.141 e. The molecule has 14 heavy (non-hydrogen) atoms. The molecule has 0 aromatic carbocycles. The predicted octanol–water partition coefficient (Wildman–Crippen LogP) is 3.00. The minimum atomic E-state index is 0.182. The predicted molar refractivity (Wildman–Crippen MR) is 59.6 cm³/mol. The second-order valence-electron chi connectivity index (χ2n) is 3.69. The molecule has 1 heterocycles. The molecule has 0 aliphatic heterocycles. The van der Waals surface area contributed by atoms with E-state index in [0.29, 0.717) is 12.2 Å². The lowest BCUT2D eigenvalue weighted by Gasteiger charge is -2.06. The summed E-state index contributed by atoms with van der Waals surface area (Å²) in [6.07, 6.45) is 2.57. The van der Waals surface area contributed by atoms with E-state index in [4.69, 9.17) is 0 Å². The molecule has 1 aromatic rings. The van der Waals surface area contributed by atoms with Crippen molar-refractivity contribution >= 4 is 17.1 Å².